The minimum atomic E-state index is -3.27. The highest BCUT2D eigenvalue weighted by Crippen LogP contribution is 2.09. The number of nitrogens with two attached hydrogens (primary N) is 1. The first kappa shape index (κ1) is 33.4. The zero-order chi connectivity index (χ0) is 30.6. The molecule has 0 aliphatic carbocycles. The number of amides is 4. The number of ketones is 1. The standard InChI is InChI=1S/C26H35N5O9/c1-14(2)10-17(22(35)28-12-19(32)26(27,24(37)38)25(39)40)31-23(36)18(11-16-8-6-5-7-9-16)30-20(33)13-29-21(34)15(3)4/h5-9,14,17-18H,3,10-13,27H2,1-2,4H3,(H,28,35)(H,29,34)(H,30,33)(H,31,36)(H,37,38)(H,39,40)/t17-,18-/m0/s1. The lowest BCUT2D eigenvalue weighted by molar-refractivity contribution is -0.160. The molecule has 0 heterocycles. The van der Waals surface area contributed by atoms with Gasteiger partial charge in [-0.3, -0.25) is 24.0 Å². The summed E-state index contributed by atoms with van der Waals surface area (Å²) in [5, 5.41) is 27.7. The van der Waals surface area contributed by atoms with Crippen LogP contribution in [0.25, 0.3) is 0 Å². The van der Waals surface area contributed by atoms with Gasteiger partial charge in [-0.05, 0) is 24.8 Å². The predicted octanol–water partition coefficient (Wildman–Crippen LogP) is -1.51. The summed E-state index contributed by atoms with van der Waals surface area (Å²) in [6.45, 7) is 6.99. The normalized spacial score (nSPS) is 12.4. The molecule has 0 unspecified atom stereocenters. The van der Waals surface area contributed by atoms with Crippen molar-refractivity contribution in [1.29, 1.82) is 0 Å². The van der Waals surface area contributed by atoms with Gasteiger partial charge in [-0.1, -0.05) is 50.8 Å². The number of Topliss-reactive ketones (excluding diaryl/α,β-unsaturated/α-hetero) is 1. The van der Waals surface area contributed by atoms with E-state index in [1.54, 1.807) is 44.2 Å². The van der Waals surface area contributed by atoms with Crippen molar-refractivity contribution in [1.82, 2.24) is 21.3 Å². The van der Waals surface area contributed by atoms with Crippen LogP contribution in [0, 0.1) is 5.92 Å². The van der Waals surface area contributed by atoms with Crippen LogP contribution in [0.2, 0.25) is 0 Å². The van der Waals surface area contributed by atoms with Crippen molar-refractivity contribution in [3.8, 4) is 0 Å². The zero-order valence-electron chi connectivity index (χ0n) is 22.5. The van der Waals surface area contributed by atoms with Crippen LogP contribution in [0.4, 0.5) is 0 Å². The van der Waals surface area contributed by atoms with E-state index in [4.69, 9.17) is 15.9 Å². The molecular formula is C26H35N5O9. The van der Waals surface area contributed by atoms with Crippen molar-refractivity contribution in [2.45, 2.75) is 51.2 Å². The van der Waals surface area contributed by atoms with E-state index in [0.717, 1.165) is 0 Å². The first-order chi connectivity index (χ1) is 18.6. The van der Waals surface area contributed by atoms with E-state index in [9.17, 15) is 33.6 Å². The molecule has 1 aromatic carbocycles. The number of hydrogen-bond donors (Lipinski definition) is 7. The van der Waals surface area contributed by atoms with E-state index < -0.39 is 72.1 Å². The van der Waals surface area contributed by atoms with Crippen LogP contribution in [0.15, 0.2) is 42.5 Å². The molecule has 40 heavy (non-hydrogen) atoms. The minimum Gasteiger partial charge on any atom is -0.479 e. The van der Waals surface area contributed by atoms with E-state index >= 15 is 0 Å². The Balaban J connectivity index is 3.07. The number of benzene rings is 1. The predicted molar refractivity (Wildman–Crippen MR) is 141 cm³/mol. The zero-order valence-corrected chi connectivity index (χ0v) is 22.5. The van der Waals surface area contributed by atoms with Crippen LogP contribution in [0.5, 0.6) is 0 Å². The van der Waals surface area contributed by atoms with Crippen molar-refractivity contribution in [3.63, 3.8) is 0 Å². The summed E-state index contributed by atoms with van der Waals surface area (Å²) in [7, 11) is 0. The van der Waals surface area contributed by atoms with Crippen LogP contribution in [0.3, 0.4) is 0 Å². The minimum absolute atomic E-state index is 0.0360. The highest BCUT2D eigenvalue weighted by Gasteiger charge is 2.50. The Morgan fingerprint density at radius 3 is 1.95 bits per heavy atom. The second-order valence-corrected chi connectivity index (χ2v) is 9.52. The SMILES string of the molecule is C=C(C)C(=O)NCC(=O)N[C@@H](Cc1ccccc1)C(=O)N[C@@H](CC(C)C)C(=O)NCC(=O)C(N)(C(=O)O)C(=O)O. The fourth-order valence-corrected chi connectivity index (χ4v) is 3.35. The molecule has 0 spiro atoms. The highest BCUT2D eigenvalue weighted by molar-refractivity contribution is 6.25. The molecule has 0 bridgehead atoms. The van der Waals surface area contributed by atoms with Gasteiger partial charge in [-0.25, -0.2) is 9.59 Å². The maximum Gasteiger partial charge on any atom is 0.343 e. The van der Waals surface area contributed by atoms with Gasteiger partial charge in [0.05, 0.1) is 13.1 Å². The number of hydrogen-bond acceptors (Lipinski definition) is 8. The Hall–Kier alpha value is -4.59. The molecule has 0 fully saturated rings. The topological polar surface area (TPSA) is 234 Å². The lowest BCUT2D eigenvalue weighted by atomic mass is 9.95. The van der Waals surface area contributed by atoms with E-state index in [1.807, 2.05) is 0 Å². The third-order valence-electron chi connectivity index (χ3n) is 5.61. The Morgan fingerprint density at radius 2 is 1.45 bits per heavy atom. The number of carboxylic acid groups (broad SMARTS) is 2. The molecule has 8 N–H and O–H groups in total. The summed E-state index contributed by atoms with van der Waals surface area (Å²) >= 11 is 0. The van der Waals surface area contributed by atoms with Gasteiger partial charge in [0.15, 0.2) is 5.78 Å². The number of rotatable bonds is 16. The van der Waals surface area contributed by atoms with Gasteiger partial charge in [-0.2, -0.15) is 0 Å². The van der Waals surface area contributed by atoms with Gasteiger partial charge >= 0.3 is 11.9 Å². The van der Waals surface area contributed by atoms with Crippen LogP contribution in [-0.2, 0) is 40.0 Å². The van der Waals surface area contributed by atoms with Crippen LogP contribution in [0.1, 0.15) is 32.8 Å². The second kappa shape index (κ2) is 15.1. The first-order valence-electron chi connectivity index (χ1n) is 12.2. The number of carbonyl (C=O) groups is 7. The molecule has 0 aromatic heterocycles. The summed E-state index contributed by atoms with van der Waals surface area (Å²) in [4.78, 5) is 85.1. The number of nitrogens with one attached hydrogen (secondary N) is 4. The highest BCUT2D eigenvalue weighted by atomic mass is 16.4. The third kappa shape index (κ3) is 9.94. The fourth-order valence-electron chi connectivity index (χ4n) is 3.35. The van der Waals surface area contributed by atoms with Crippen LogP contribution in [-0.4, -0.2) is 82.3 Å². The van der Waals surface area contributed by atoms with Gasteiger partial charge < -0.3 is 37.2 Å². The molecule has 1 rings (SSSR count). The monoisotopic (exact) mass is 561 g/mol. The van der Waals surface area contributed by atoms with Crippen molar-refractivity contribution in [2.24, 2.45) is 11.7 Å². The smallest absolute Gasteiger partial charge is 0.343 e. The van der Waals surface area contributed by atoms with E-state index in [0.29, 0.717) is 5.56 Å². The Labute approximate surface area is 230 Å². The lowest BCUT2D eigenvalue weighted by Gasteiger charge is -2.25. The van der Waals surface area contributed by atoms with Crippen LogP contribution < -0.4 is 27.0 Å². The van der Waals surface area contributed by atoms with E-state index in [1.165, 1.54) is 6.92 Å². The first-order valence-corrected chi connectivity index (χ1v) is 12.2. The van der Waals surface area contributed by atoms with Gasteiger partial charge in [0.2, 0.25) is 23.6 Å². The number of carboxylic acids is 2. The third-order valence-corrected chi connectivity index (χ3v) is 5.61. The molecule has 14 heteroatoms. The lowest BCUT2D eigenvalue weighted by Crippen LogP contribution is -2.64. The van der Waals surface area contributed by atoms with E-state index in [2.05, 4.69) is 27.8 Å². The maximum atomic E-state index is 13.3. The largest absolute Gasteiger partial charge is 0.479 e. The molecule has 0 saturated carbocycles. The molecule has 14 nitrogen and oxygen atoms in total. The average molecular weight is 562 g/mol. The number of aliphatic carboxylic acids is 2. The summed E-state index contributed by atoms with van der Waals surface area (Å²) in [6.07, 6.45) is 0.117. The Bertz CT molecular complexity index is 1140. The second-order valence-electron chi connectivity index (χ2n) is 9.52. The van der Waals surface area contributed by atoms with Gasteiger partial charge in [-0.15, -0.1) is 0 Å². The quantitative estimate of drug-likeness (QED) is 0.0910. The molecule has 2 atom stereocenters. The maximum absolute atomic E-state index is 13.3. The number of carbonyl (C=O) groups excluding carboxylic acids is 5. The van der Waals surface area contributed by atoms with Crippen LogP contribution >= 0.6 is 0 Å². The van der Waals surface area contributed by atoms with Crippen molar-refractivity contribution in [2.75, 3.05) is 13.1 Å². The Kier molecular flexibility index (Phi) is 12.6. The summed E-state index contributed by atoms with van der Waals surface area (Å²) in [5.41, 5.74) is 2.83. The molecular weight excluding hydrogens is 526 g/mol. The van der Waals surface area contributed by atoms with Crippen molar-refractivity contribution < 1.29 is 43.8 Å². The molecule has 0 saturated heterocycles. The summed E-state index contributed by atoms with van der Waals surface area (Å²) in [5.74, 6) is -8.71. The molecule has 0 radical (unpaired) electrons. The fraction of sp³-hybridized carbons (Fsp3) is 0.423. The van der Waals surface area contributed by atoms with Crippen molar-refractivity contribution in [3.05, 3.63) is 48.0 Å². The van der Waals surface area contributed by atoms with Gasteiger partial charge in [0, 0.05) is 12.0 Å². The van der Waals surface area contributed by atoms with Crippen molar-refractivity contribution >= 4 is 41.4 Å². The Morgan fingerprint density at radius 1 is 0.875 bits per heavy atom. The summed E-state index contributed by atoms with van der Waals surface area (Å²) < 4.78 is 0. The molecule has 4 amide bonds. The molecule has 1 aromatic rings. The summed E-state index contributed by atoms with van der Waals surface area (Å²) in [6, 6.07) is 6.27. The molecule has 218 valence electrons. The van der Waals surface area contributed by atoms with E-state index in [-0.39, 0.29) is 24.3 Å². The average Bonchev–Trinajstić information content (AvgIpc) is 2.88. The molecule has 0 aliphatic heterocycles. The molecule has 0 aliphatic rings. The van der Waals surface area contributed by atoms with Gasteiger partial charge in [0.25, 0.3) is 5.54 Å². The van der Waals surface area contributed by atoms with Gasteiger partial charge in [0.1, 0.15) is 12.1 Å².